The minimum Gasteiger partial charge on any atom is -0.464 e. The van der Waals surface area contributed by atoms with Crippen LogP contribution in [0.15, 0.2) is 34.0 Å². The third-order valence-electron chi connectivity index (χ3n) is 2.28. The molecule has 0 aliphatic heterocycles. The highest BCUT2D eigenvalue weighted by Crippen LogP contribution is 2.27. The third kappa shape index (κ3) is 2.92. The highest BCUT2D eigenvalue weighted by atomic mass is 35.5. The predicted molar refractivity (Wildman–Crippen MR) is 75.7 cm³/mol. The zero-order chi connectivity index (χ0) is 14.8. The fraction of sp³-hybridized carbons (Fsp3) is 0.0909. The van der Waals surface area contributed by atoms with Crippen molar-refractivity contribution in [2.45, 2.75) is 4.21 Å². The van der Waals surface area contributed by atoms with Crippen LogP contribution in [0.1, 0.15) is 10.5 Å². The van der Waals surface area contributed by atoms with Crippen molar-refractivity contribution in [1.82, 2.24) is 4.98 Å². The van der Waals surface area contributed by atoms with Gasteiger partial charge in [0.25, 0.3) is 10.0 Å². The molecule has 9 heteroatoms. The fourth-order valence-corrected chi connectivity index (χ4v) is 3.85. The number of anilines is 1. The molecule has 0 radical (unpaired) electrons. The number of hydrogen-bond donors (Lipinski definition) is 1. The van der Waals surface area contributed by atoms with Gasteiger partial charge in [-0.3, -0.25) is 4.72 Å². The first-order valence-electron chi connectivity index (χ1n) is 5.25. The van der Waals surface area contributed by atoms with E-state index in [1.807, 2.05) is 0 Å². The second kappa shape index (κ2) is 5.78. The van der Waals surface area contributed by atoms with Gasteiger partial charge in [0.05, 0.1) is 23.3 Å². The maximum absolute atomic E-state index is 12.2. The summed E-state index contributed by atoms with van der Waals surface area (Å²) in [5.41, 5.74) is 1.23. The monoisotopic (exact) mass is 332 g/mol. The highest BCUT2D eigenvalue weighted by Gasteiger charge is 2.27. The van der Waals surface area contributed by atoms with E-state index < -0.39 is 16.0 Å². The minimum atomic E-state index is -3.96. The quantitative estimate of drug-likeness (QED) is 0.869. The normalized spacial score (nSPS) is 11.1. The van der Waals surface area contributed by atoms with Crippen molar-refractivity contribution < 1.29 is 17.9 Å². The Labute approximate surface area is 124 Å². The van der Waals surface area contributed by atoms with Crippen molar-refractivity contribution in [2.75, 3.05) is 11.8 Å². The smallest absolute Gasteiger partial charge is 0.358 e. The Kier molecular flexibility index (Phi) is 4.26. The van der Waals surface area contributed by atoms with E-state index in [0.717, 1.165) is 18.4 Å². The first-order valence-corrected chi connectivity index (χ1v) is 7.99. The number of nitrogens with one attached hydrogen (secondary N) is 1. The van der Waals surface area contributed by atoms with Crippen LogP contribution in [0.25, 0.3) is 0 Å². The molecule has 20 heavy (non-hydrogen) atoms. The summed E-state index contributed by atoms with van der Waals surface area (Å²) in [6.45, 7) is 0. The number of esters is 1. The van der Waals surface area contributed by atoms with E-state index in [9.17, 15) is 13.2 Å². The average Bonchev–Trinajstić information content (AvgIpc) is 2.90. The standard InChI is InChI=1S/C11H9ClN2O4S2/c1-18-10(15)9-11(19-6-13-9)20(16,17)14-8-5-3-2-4-7(8)12/h2-6,14H,1H3. The number of rotatable bonds is 4. The number of aromatic nitrogens is 1. The molecule has 2 rings (SSSR count). The Morgan fingerprint density at radius 2 is 2.10 bits per heavy atom. The van der Waals surface area contributed by atoms with Gasteiger partial charge in [0, 0.05) is 0 Å². The fourth-order valence-electron chi connectivity index (χ4n) is 1.39. The summed E-state index contributed by atoms with van der Waals surface area (Å²) in [7, 11) is -2.81. The number of sulfonamides is 1. The zero-order valence-electron chi connectivity index (χ0n) is 10.2. The first kappa shape index (κ1) is 14.8. The highest BCUT2D eigenvalue weighted by molar-refractivity contribution is 7.94. The van der Waals surface area contributed by atoms with Crippen LogP contribution < -0.4 is 4.72 Å². The van der Waals surface area contributed by atoms with Crippen LogP contribution >= 0.6 is 22.9 Å². The van der Waals surface area contributed by atoms with Crippen molar-refractivity contribution in [1.29, 1.82) is 0 Å². The van der Waals surface area contributed by atoms with Gasteiger partial charge in [-0.1, -0.05) is 23.7 Å². The van der Waals surface area contributed by atoms with Crippen LogP contribution in [0.3, 0.4) is 0 Å². The number of thiazole rings is 1. The third-order valence-corrected chi connectivity index (χ3v) is 5.34. The number of carbonyl (C=O) groups excluding carboxylic acids is 1. The lowest BCUT2D eigenvalue weighted by Crippen LogP contribution is -2.16. The molecule has 0 saturated heterocycles. The molecule has 6 nitrogen and oxygen atoms in total. The number of carbonyl (C=O) groups is 1. The van der Waals surface area contributed by atoms with E-state index in [1.165, 1.54) is 11.6 Å². The van der Waals surface area contributed by atoms with Crippen LogP contribution in [0.4, 0.5) is 5.69 Å². The lowest BCUT2D eigenvalue weighted by molar-refractivity contribution is 0.0590. The molecule has 1 heterocycles. The molecular formula is C11H9ClN2O4S2. The molecule has 2 aromatic rings. The molecule has 0 amide bonds. The van der Waals surface area contributed by atoms with E-state index in [4.69, 9.17) is 11.6 Å². The Bertz CT molecular complexity index is 742. The molecule has 0 saturated carbocycles. The van der Waals surface area contributed by atoms with Crippen molar-refractivity contribution in [3.63, 3.8) is 0 Å². The van der Waals surface area contributed by atoms with E-state index in [2.05, 4.69) is 14.4 Å². The lowest BCUT2D eigenvalue weighted by atomic mass is 10.3. The number of ether oxygens (including phenoxy) is 1. The van der Waals surface area contributed by atoms with Crippen LogP contribution in [0.5, 0.6) is 0 Å². The molecule has 1 N–H and O–H groups in total. The van der Waals surface area contributed by atoms with Crippen LogP contribution in [0, 0.1) is 0 Å². The molecule has 0 aliphatic carbocycles. The Morgan fingerprint density at radius 3 is 2.75 bits per heavy atom. The molecule has 1 aromatic heterocycles. The van der Waals surface area contributed by atoms with Gasteiger partial charge < -0.3 is 4.74 Å². The molecule has 0 aliphatic rings. The van der Waals surface area contributed by atoms with Crippen molar-refractivity contribution >= 4 is 44.6 Å². The summed E-state index contributed by atoms with van der Waals surface area (Å²) < 4.78 is 31.1. The second-order valence-electron chi connectivity index (χ2n) is 3.57. The van der Waals surface area contributed by atoms with Gasteiger partial charge in [-0.25, -0.2) is 18.2 Å². The van der Waals surface area contributed by atoms with Crippen molar-refractivity contribution in [2.24, 2.45) is 0 Å². The number of methoxy groups -OCH3 is 1. The number of hydrogen-bond acceptors (Lipinski definition) is 6. The average molecular weight is 333 g/mol. The molecule has 1 aromatic carbocycles. The molecular weight excluding hydrogens is 324 g/mol. The largest absolute Gasteiger partial charge is 0.464 e. The van der Waals surface area contributed by atoms with E-state index >= 15 is 0 Å². The lowest BCUT2D eigenvalue weighted by Gasteiger charge is -2.08. The van der Waals surface area contributed by atoms with E-state index in [-0.39, 0.29) is 20.6 Å². The minimum absolute atomic E-state index is 0.218. The maximum atomic E-state index is 12.2. The molecule has 0 unspecified atom stereocenters. The zero-order valence-corrected chi connectivity index (χ0v) is 12.6. The molecule has 106 valence electrons. The van der Waals surface area contributed by atoms with Crippen molar-refractivity contribution in [3.05, 3.63) is 40.5 Å². The number of nitrogens with zero attached hydrogens (tertiary/aromatic N) is 1. The van der Waals surface area contributed by atoms with Crippen molar-refractivity contribution in [3.8, 4) is 0 Å². The number of halogens is 1. The molecule has 0 bridgehead atoms. The summed E-state index contributed by atoms with van der Waals surface area (Å²) in [4.78, 5) is 15.2. The van der Waals surface area contributed by atoms with Gasteiger partial charge in [-0.2, -0.15) is 0 Å². The summed E-state index contributed by atoms with van der Waals surface area (Å²) in [6.07, 6.45) is 0. The molecule has 0 atom stereocenters. The SMILES string of the molecule is COC(=O)c1ncsc1S(=O)(=O)Nc1ccccc1Cl. The summed E-state index contributed by atoms with van der Waals surface area (Å²) in [6, 6.07) is 6.37. The predicted octanol–water partition coefficient (Wildman–Crippen LogP) is 2.38. The van der Waals surface area contributed by atoms with Gasteiger partial charge in [0.2, 0.25) is 0 Å². The molecule has 0 spiro atoms. The Morgan fingerprint density at radius 1 is 1.40 bits per heavy atom. The Hall–Kier alpha value is -1.64. The first-order chi connectivity index (χ1) is 9.45. The van der Waals surface area contributed by atoms with E-state index in [1.54, 1.807) is 18.2 Å². The van der Waals surface area contributed by atoms with Crippen LogP contribution in [0.2, 0.25) is 5.02 Å². The van der Waals surface area contributed by atoms with Crippen LogP contribution in [-0.2, 0) is 14.8 Å². The van der Waals surface area contributed by atoms with Gasteiger partial charge >= 0.3 is 5.97 Å². The molecule has 0 fully saturated rings. The summed E-state index contributed by atoms with van der Waals surface area (Å²) >= 11 is 6.71. The van der Waals surface area contributed by atoms with Gasteiger partial charge in [0.1, 0.15) is 0 Å². The maximum Gasteiger partial charge on any atom is 0.358 e. The number of benzene rings is 1. The van der Waals surface area contributed by atoms with Gasteiger partial charge in [-0.15, -0.1) is 11.3 Å². The topological polar surface area (TPSA) is 85.4 Å². The summed E-state index contributed by atoms with van der Waals surface area (Å²) in [5, 5.41) is 0.250. The van der Waals surface area contributed by atoms with E-state index in [0.29, 0.717) is 0 Å². The van der Waals surface area contributed by atoms with Crippen LogP contribution in [-0.4, -0.2) is 26.5 Å². The van der Waals surface area contributed by atoms with Gasteiger partial charge in [0.15, 0.2) is 9.90 Å². The number of para-hydroxylation sites is 1. The summed E-state index contributed by atoms with van der Waals surface area (Å²) in [5.74, 6) is -0.814. The second-order valence-corrected chi connectivity index (χ2v) is 6.70. The van der Waals surface area contributed by atoms with Gasteiger partial charge in [-0.05, 0) is 12.1 Å². The Balaban J connectivity index is 2.40.